The van der Waals surface area contributed by atoms with Gasteiger partial charge in [-0.3, -0.25) is 15.8 Å². The smallest absolute Gasteiger partial charge is 0.137 e. The van der Waals surface area contributed by atoms with Crippen LogP contribution in [0.5, 0.6) is 0 Å². The monoisotopic (exact) mass is 432 g/mol. The molecule has 6 nitrogen and oxygen atoms in total. The van der Waals surface area contributed by atoms with Gasteiger partial charge in [0.05, 0.1) is 11.4 Å². The number of benzene rings is 2. The van der Waals surface area contributed by atoms with E-state index < -0.39 is 0 Å². The summed E-state index contributed by atoms with van der Waals surface area (Å²) < 4.78 is 11.7. The van der Waals surface area contributed by atoms with Crippen molar-refractivity contribution in [2.45, 2.75) is 0 Å². The number of nitrogens with one attached hydrogen (secondary N) is 2. The standard InChI is InChI=1S/C22H14N2O2.C5H6N2/c23-21-15(19-11-13-5-1-3-7-17(13)25-19)9-10-16(22(21)24)20-12-14-6-2-4-8-18(14)26-20;6-5-1-3-7-4-2-5/h1-12,23-24H;1-4H,(H2,6,7). The van der Waals surface area contributed by atoms with Crippen molar-refractivity contribution in [2.24, 2.45) is 0 Å². The predicted octanol–water partition coefficient (Wildman–Crippen LogP) is 6.36. The molecule has 0 saturated heterocycles. The summed E-state index contributed by atoms with van der Waals surface area (Å²) >= 11 is 0. The third-order valence-corrected chi connectivity index (χ3v) is 5.29. The van der Waals surface area contributed by atoms with Gasteiger partial charge in [0.1, 0.15) is 22.7 Å². The number of para-hydroxylation sites is 2. The second-order valence-electron chi connectivity index (χ2n) is 7.49. The SMILES string of the molecule is N=C1C(=N)C(c2cc3ccccc3o2)=CC=C1c1cc2ccccc2o1.Nc1ccncc1. The molecule has 0 spiro atoms. The summed E-state index contributed by atoms with van der Waals surface area (Å²) in [6.07, 6.45) is 6.96. The van der Waals surface area contributed by atoms with E-state index >= 15 is 0 Å². The molecule has 4 N–H and O–H groups in total. The third kappa shape index (κ3) is 3.97. The minimum absolute atomic E-state index is 0.127. The molecule has 0 atom stereocenters. The summed E-state index contributed by atoms with van der Waals surface area (Å²) in [4.78, 5) is 3.77. The van der Waals surface area contributed by atoms with Crippen LogP contribution in [0.3, 0.4) is 0 Å². The summed E-state index contributed by atoms with van der Waals surface area (Å²) in [5.41, 5.74) is 9.08. The number of aromatic nitrogens is 1. The van der Waals surface area contributed by atoms with E-state index in [9.17, 15) is 0 Å². The Hall–Kier alpha value is -4.71. The van der Waals surface area contributed by atoms with Gasteiger partial charge in [0.25, 0.3) is 0 Å². The van der Waals surface area contributed by atoms with Crippen molar-refractivity contribution in [3.63, 3.8) is 0 Å². The number of hydrogen-bond acceptors (Lipinski definition) is 6. The maximum atomic E-state index is 8.44. The van der Waals surface area contributed by atoms with Gasteiger partial charge < -0.3 is 14.6 Å². The van der Waals surface area contributed by atoms with Crippen LogP contribution in [0.2, 0.25) is 0 Å². The van der Waals surface area contributed by atoms with Crippen LogP contribution in [-0.4, -0.2) is 16.4 Å². The lowest BCUT2D eigenvalue weighted by molar-refractivity contribution is 0.600. The number of rotatable bonds is 2. The van der Waals surface area contributed by atoms with E-state index in [0.29, 0.717) is 22.7 Å². The third-order valence-electron chi connectivity index (χ3n) is 5.29. The Morgan fingerprint density at radius 1 is 0.636 bits per heavy atom. The van der Waals surface area contributed by atoms with Crippen molar-refractivity contribution >= 4 is 50.2 Å². The van der Waals surface area contributed by atoms with Crippen molar-refractivity contribution < 1.29 is 8.83 Å². The fourth-order valence-corrected chi connectivity index (χ4v) is 3.61. The molecule has 0 unspecified atom stereocenters. The van der Waals surface area contributed by atoms with E-state index in [2.05, 4.69) is 4.98 Å². The second kappa shape index (κ2) is 8.43. The minimum atomic E-state index is 0.127. The average molecular weight is 432 g/mol. The molecule has 33 heavy (non-hydrogen) atoms. The molecule has 0 amide bonds. The number of allylic oxidation sites excluding steroid dienone is 4. The van der Waals surface area contributed by atoms with E-state index in [1.54, 1.807) is 24.5 Å². The highest BCUT2D eigenvalue weighted by molar-refractivity contribution is 6.68. The lowest BCUT2D eigenvalue weighted by atomic mass is 9.91. The highest BCUT2D eigenvalue weighted by Crippen LogP contribution is 2.32. The Morgan fingerprint density at radius 3 is 1.48 bits per heavy atom. The first-order chi connectivity index (χ1) is 16.1. The molecule has 0 radical (unpaired) electrons. The van der Waals surface area contributed by atoms with Crippen molar-refractivity contribution in [1.29, 1.82) is 10.8 Å². The van der Waals surface area contributed by atoms with Gasteiger partial charge in [0, 0.05) is 40.0 Å². The molecule has 6 heteroatoms. The molecular weight excluding hydrogens is 412 g/mol. The molecule has 3 aromatic heterocycles. The van der Waals surface area contributed by atoms with E-state index in [1.807, 2.05) is 72.8 Å². The Morgan fingerprint density at radius 2 is 1.09 bits per heavy atom. The number of fused-ring (bicyclic) bond motifs is 2. The average Bonchev–Trinajstić information content (AvgIpc) is 3.46. The lowest BCUT2D eigenvalue weighted by Crippen LogP contribution is -2.18. The van der Waals surface area contributed by atoms with Crippen LogP contribution in [0.1, 0.15) is 11.5 Å². The van der Waals surface area contributed by atoms with Gasteiger partial charge in [-0.25, -0.2) is 0 Å². The van der Waals surface area contributed by atoms with Crippen LogP contribution in [-0.2, 0) is 0 Å². The molecule has 1 aliphatic rings. The van der Waals surface area contributed by atoms with Crippen molar-refractivity contribution in [3.05, 3.63) is 109 Å². The molecule has 160 valence electrons. The fourth-order valence-electron chi connectivity index (χ4n) is 3.61. The summed E-state index contributed by atoms with van der Waals surface area (Å²) in [5, 5.41) is 18.8. The Labute approximate surface area is 189 Å². The molecule has 3 heterocycles. The number of anilines is 1. The lowest BCUT2D eigenvalue weighted by Gasteiger charge is -2.14. The van der Waals surface area contributed by atoms with Gasteiger partial charge >= 0.3 is 0 Å². The predicted molar refractivity (Wildman–Crippen MR) is 132 cm³/mol. The topological polar surface area (TPSA) is 113 Å². The normalized spacial score (nSPS) is 13.5. The fraction of sp³-hybridized carbons (Fsp3) is 0. The molecular formula is C27H20N4O2. The van der Waals surface area contributed by atoms with E-state index in [-0.39, 0.29) is 11.4 Å². The summed E-state index contributed by atoms with van der Waals surface area (Å²) in [6.45, 7) is 0. The molecule has 0 saturated carbocycles. The Balaban J connectivity index is 0.000000281. The number of furan rings is 2. The van der Waals surface area contributed by atoms with Crippen LogP contribution in [0.15, 0.2) is 106 Å². The number of hydrogen-bond donors (Lipinski definition) is 3. The maximum absolute atomic E-state index is 8.44. The number of nitrogens with zero attached hydrogens (tertiary/aromatic N) is 1. The summed E-state index contributed by atoms with van der Waals surface area (Å²) in [7, 11) is 0. The van der Waals surface area contributed by atoms with Crippen LogP contribution in [0.25, 0.3) is 33.1 Å². The number of nitrogen functional groups attached to an aromatic ring is 1. The Kier molecular flexibility index (Phi) is 5.16. The summed E-state index contributed by atoms with van der Waals surface area (Å²) in [6, 6.07) is 22.8. The van der Waals surface area contributed by atoms with Gasteiger partial charge in [0.2, 0.25) is 0 Å². The maximum Gasteiger partial charge on any atom is 0.137 e. The molecule has 6 rings (SSSR count). The van der Waals surface area contributed by atoms with Crippen LogP contribution >= 0.6 is 0 Å². The molecule has 0 bridgehead atoms. The molecule has 0 aliphatic heterocycles. The largest absolute Gasteiger partial charge is 0.456 e. The number of nitrogens with two attached hydrogens (primary N) is 1. The molecule has 0 fully saturated rings. The van der Waals surface area contributed by atoms with Gasteiger partial charge in [-0.05, 0) is 48.6 Å². The van der Waals surface area contributed by atoms with Crippen molar-refractivity contribution in [2.75, 3.05) is 5.73 Å². The minimum Gasteiger partial charge on any atom is -0.456 e. The van der Waals surface area contributed by atoms with E-state index in [4.69, 9.17) is 25.4 Å². The van der Waals surface area contributed by atoms with E-state index in [1.165, 1.54) is 0 Å². The van der Waals surface area contributed by atoms with Crippen LogP contribution in [0.4, 0.5) is 5.69 Å². The zero-order valence-corrected chi connectivity index (χ0v) is 17.6. The summed E-state index contributed by atoms with van der Waals surface area (Å²) in [5.74, 6) is 1.20. The molecule has 1 aliphatic carbocycles. The van der Waals surface area contributed by atoms with Crippen LogP contribution < -0.4 is 5.73 Å². The zero-order chi connectivity index (χ0) is 22.8. The van der Waals surface area contributed by atoms with Crippen molar-refractivity contribution in [1.82, 2.24) is 4.98 Å². The van der Waals surface area contributed by atoms with Gasteiger partial charge in [-0.15, -0.1) is 0 Å². The molecule has 5 aromatic rings. The van der Waals surface area contributed by atoms with E-state index in [0.717, 1.165) is 27.6 Å². The molecule has 2 aromatic carbocycles. The zero-order valence-electron chi connectivity index (χ0n) is 17.6. The Bertz CT molecular complexity index is 1390. The van der Waals surface area contributed by atoms with Crippen molar-refractivity contribution in [3.8, 4) is 0 Å². The first kappa shape index (κ1) is 20.2. The number of pyridine rings is 1. The van der Waals surface area contributed by atoms with Gasteiger partial charge in [-0.1, -0.05) is 36.4 Å². The second-order valence-corrected chi connectivity index (χ2v) is 7.49. The van der Waals surface area contributed by atoms with Crippen LogP contribution in [0, 0.1) is 10.8 Å². The highest BCUT2D eigenvalue weighted by Gasteiger charge is 2.25. The highest BCUT2D eigenvalue weighted by atomic mass is 16.3. The first-order valence-electron chi connectivity index (χ1n) is 10.3. The van der Waals surface area contributed by atoms with Gasteiger partial charge in [-0.2, -0.15) is 0 Å². The van der Waals surface area contributed by atoms with Gasteiger partial charge in [0.15, 0.2) is 0 Å². The first-order valence-corrected chi connectivity index (χ1v) is 10.3. The quantitative estimate of drug-likeness (QED) is 0.282.